The van der Waals surface area contributed by atoms with Crippen molar-refractivity contribution in [3.8, 4) is 0 Å². The zero-order valence-electron chi connectivity index (χ0n) is 17.2. The van der Waals surface area contributed by atoms with Crippen LogP contribution in [0.2, 0.25) is 0 Å². The quantitative estimate of drug-likeness (QED) is 0.456. The predicted molar refractivity (Wildman–Crippen MR) is 119 cm³/mol. The number of carbonyl (C=O) groups is 2. The van der Waals surface area contributed by atoms with E-state index in [-0.39, 0.29) is 23.7 Å². The van der Waals surface area contributed by atoms with Gasteiger partial charge < -0.3 is 4.90 Å². The maximum absolute atomic E-state index is 13.7. The first-order valence-corrected chi connectivity index (χ1v) is 10.8. The van der Waals surface area contributed by atoms with E-state index in [2.05, 4.69) is 6.58 Å². The Hall–Kier alpha value is -2.33. The molecule has 1 aliphatic carbocycles. The van der Waals surface area contributed by atoms with Gasteiger partial charge in [0, 0.05) is 23.0 Å². The third-order valence-corrected chi connectivity index (χ3v) is 5.78. The molecule has 154 valence electrons. The van der Waals surface area contributed by atoms with Gasteiger partial charge in [-0.25, -0.2) is 0 Å². The number of rotatable bonds is 6. The van der Waals surface area contributed by atoms with E-state index in [1.165, 1.54) is 6.42 Å². The molecule has 29 heavy (non-hydrogen) atoms. The minimum atomic E-state index is -0.707. The second-order valence-electron chi connectivity index (χ2n) is 7.77. The number of hydrogen-bond donors (Lipinski definition) is 0. The Balaban J connectivity index is 2.11. The number of hydrogen-bond acceptors (Lipinski definition) is 2. The first kappa shape index (κ1) is 21.4. The van der Waals surface area contributed by atoms with Crippen LogP contribution in [0.25, 0.3) is 0 Å². The molecule has 1 heterocycles. The summed E-state index contributed by atoms with van der Waals surface area (Å²) in [7, 11) is 0. The largest absolute Gasteiger partial charge is 0.307 e. The lowest BCUT2D eigenvalue weighted by Crippen LogP contribution is -2.45. The highest BCUT2D eigenvalue weighted by molar-refractivity contribution is 6.27. The molecule has 1 aromatic carbocycles. The minimum Gasteiger partial charge on any atom is -0.307 e. The van der Waals surface area contributed by atoms with Crippen LogP contribution in [0.5, 0.6) is 0 Å². The fraction of sp³-hybridized carbons (Fsp3) is 0.417. The van der Waals surface area contributed by atoms with E-state index in [0.717, 1.165) is 42.5 Å². The molecule has 1 aliphatic heterocycles. The Morgan fingerprint density at radius 2 is 1.97 bits per heavy atom. The van der Waals surface area contributed by atoms with Crippen molar-refractivity contribution in [2.24, 2.45) is 0 Å². The monoisotopic (exact) mass is 412 g/mol. The van der Waals surface area contributed by atoms with E-state index in [9.17, 15) is 9.59 Å². The molecule has 2 aliphatic rings. The van der Waals surface area contributed by atoms with Crippen molar-refractivity contribution < 1.29 is 9.59 Å². The summed E-state index contributed by atoms with van der Waals surface area (Å²) in [5.41, 5.74) is 3.20. The molecule has 0 bridgehead atoms. The predicted octanol–water partition coefficient (Wildman–Crippen LogP) is 5.51. The van der Waals surface area contributed by atoms with E-state index < -0.39 is 6.04 Å². The van der Waals surface area contributed by atoms with Crippen molar-refractivity contribution in [2.45, 2.75) is 58.0 Å². The van der Waals surface area contributed by atoms with Crippen molar-refractivity contribution in [1.82, 2.24) is 4.90 Å². The van der Waals surface area contributed by atoms with E-state index in [1.54, 1.807) is 4.90 Å². The highest BCUT2D eigenvalue weighted by atomic mass is 35.5. The Morgan fingerprint density at radius 3 is 2.59 bits per heavy atom. The van der Waals surface area contributed by atoms with E-state index in [4.69, 9.17) is 11.6 Å². The number of carbonyl (C=O) groups excluding carboxylic acids is 2. The first-order valence-electron chi connectivity index (χ1n) is 10.3. The summed E-state index contributed by atoms with van der Waals surface area (Å²) in [6.07, 6.45) is 11.0. The van der Waals surface area contributed by atoms with Crippen molar-refractivity contribution in [2.75, 3.05) is 10.8 Å². The lowest BCUT2D eigenvalue weighted by atomic mass is 9.94. The van der Waals surface area contributed by atoms with Crippen molar-refractivity contribution in [3.63, 3.8) is 0 Å². The normalized spacial score (nSPS) is 20.2. The van der Waals surface area contributed by atoms with Gasteiger partial charge in [-0.3, -0.25) is 14.5 Å². The Morgan fingerprint density at radius 1 is 1.28 bits per heavy atom. The molecule has 0 radical (unpaired) electrons. The molecule has 1 atom stereocenters. The molecule has 0 N–H and O–H groups in total. The maximum atomic E-state index is 13.7. The van der Waals surface area contributed by atoms with Gasteiger partial charge in [-0.1, -0.05) is 55.7 Å². The second kappa shape index (κ2) is 9.45. The van der Waals surface area contributed by atoms with Gasteiger partial charge in [0.25, 0.3) is 5.91 Å². The molecule has 1 unspecified atom stereocenters. The number of fused-ring (bicyclic) bond motifs is 1. The number of para-hydroxylation sites is 1. The first-order chi connectivity index (χ1) is 14.0. The topological polar surface area (TPSA) is 40.6 Å². The van der Waals surface area contributed by atoms with Crippen LogP contribution < -0.4 is 4.90 Å². The van der Waals surface area contributed by atoms with Crippen molar-refractivity contribution >= 4 is 29.1 Å². The van der Waals surface area contributed by atoms with Gasteiger partial charge in [0.2, 0.25) is 5.91 Å². The summed E-state index contributed by atoms with van der Waals surface area (Å²) in [5, 5.41) is 0. The Kier molecular flexibility index (Phi) is 6.96. The number of benzene rings is 1. The zero-order valence-corrected chi connectivity index (χ0v) is 18.0. The summed E-state index contributed by atoms with van der Waals surface area (Å²) < 4.78 is 0. The molecule has 1 fully saturated rings. The molecule has 0 spiro atoms. The van der Waals surface area contributed by atoms with Gasteiger partial charge in [-0.15, -0.1) is 11.6 Å². The number of anilines is 1. The summed E-state index contributed by atoms with van der Waals surface area (Å²) in [4.78, 5) is 30.2. The molecular weight excluding hydrogens is 384 g/mol. The third kappa shape index (κ3) is 4.32. The van der Waals surface area contributed by atoms with Gasteiger partial charge >= 0.3 is 0 Å². The summed E-state index contributed by atoms with van der Waals surface area (Å²) in [6, 6.07) is 7.29. The number of halogens is 1. The van der Waals surface area contributed by atoms with Crippen LogP contribution >= 0.6 is 11.6 Å². The van der Waals surface area contributed by atoms with Gasteiger partial charge in [0.1, 0.15) is 11.9 Å². The number of allylic oxidation sites excluding steroid dienone is 4. The van der Waals surface area contributed by atoms with Gasteiger partial charge in [0.15, 0.2) is 0 Å². The number of amides is 2. The molecule has 2 amide bonds. The second-order valence-corrected chi connectivity index (χ2v) is 8.04. The van der Waals surface area contributed by atoms with Gasteiger partial charge in [-0.2, -0.15) is 0 Å². The average Bonchev–Trinajstić information content (AvgIpc) is 3.00. The van der Waals surface area contributed by atoms with Crippen LogP contribution in [-0.2, 0) is 9.59 Å². The van der Waals surface area contributed by atoms with Crippen LogP contribution in [0.1, 0.15) is 57.6 Å². The molecule has 1 saturated carbocycles. The average molecular weight is 413 g/mol. The van der Waals surface area contributed by atoms with Crippen LogP contribution in [0.15, 0.2) is 60.3 Å². The van der Waals surface area contributed by atoms with Crippen LogP contribution in [0.4, 0.5) is 5.69 Å². The van der Waals surface area contributed by atoms with Crippen molar-refractivity contribution in [1.29, 1.82) is 0 Å². The lowest BCUT2D eigenvalue weighted by molar-refractivity contribution is -0.135. The van der Waals surface area contributed by atoms with E-state index >= 15 is 0 Å². The molecular formula is C24H29ClN2O2. The summed E-state index contributed by atoms with van der Waals surface area (Å²) >= 11 is 5.98. The Labute approximate surface area is 178 Å². The fourth-order valence-corrected chi connectivity index (χ4v) is 4.54. The number of alkyl halides is 1. The zero-order chi connectivity index (χ0) is 21.0. The van der Waals surface area contributed by atoms with E-state index in [0.29, 0.717) is 5.70 Å². The van der Waals surface area contributed by atoms with Crippen LogP contribution in [-0.4, -0.2) is 28.6 Å². The Bertz CT molecular complexity index is 852. The molecule has 1 aromatic rings. The van der Waals surface area contributed by atoms with Gasteiger partial charge in [-0.05, 0) is 44.9 Å². The summed E-state index contributed by atoms with van der Waals surface area (Å²) in [5.74, 6) is -0.537. The lowest BCUT2D eigenvalue weighted by Gasteiger charge is -2.33. The highest BCUT2D eigenvalue weighted by Gasteiger charge is 2.45. The molecule has 4 nitrogen and oxygen atoms in total. The SMILES string of the molecule is C=C(C)/C=C(\C=C/C)N(C(=O)CCl)C1C(=O)N(C2CCCCC2)c2ccccc21. The highest BCUT2D eigenvalue weighted by Crippen LogP contribution is 2.44. The van der Waals surface area contributed by atoms with E-state index in [1.807, 2.05) is 61.2 Å². The third-order valence-electron chi connectivity index (χ3n) is 5.55. The molecule has 0 aromatic heterocycles. The smallest absolute Gasteiger partial charge is 0.255 e. The van der Waals surface area contributed by atoms with Crippen molar-refractivity contribution in [3.05, 3.63) is 65.9 Å². The summed E-state index contributed by atoms with van der Waals surface area (Å²) in [6.45, 7) is 7.70. The fourth-order valence-electron chi connectivity index (χ4n) is 4.41. The maximum Gasteiger partial charge on any atom is 0.255 e. The van der Waals surface area contributed by atoms with Gasteiger partial charge in [0.05, 0.1) is 0 Å². The molecule has 5 heteroatoms. The molecule has 3 rings (SSSR count). The minimum absolute atomic E-state index is 0.0475. The van der Waals surface area contributed by atoms with Crippen LogP contribution in [0, 0.1) is 0 Å². The van der Waals surface area contributed by atoms with Crippen LogP contribution in [0.3, 0.4) is 0 Å². The molecule has 0 saturated heterocycles. The standard InChI is InChI=1S/C24H29ClN2O2/c1-4-10-19(15-17(2)3)27(22(28)16-25)23-20-13-8-9-14-21(20)26(24(23)29)18-11-6-5-7-12-18/h4,8-10,13-15,18,23H,2,5-7,11-12,16H2,1,3H3/b10-4-,19-15+. The number of nitrogens with zero attached hydrogens (tertiary/aromatic N) is 2.